The number of carbonyl (C=O) groups is 1. The Morgan fingerprint density at radius 2 is 1.74 bits per heavy atom. The largest absolute Gasteiger partial charge is 0.491 e. The van der Waals surface area contributed by atoms with Crippen molar-refractivity contribution < 1.29 is 23.7 Å². The molecule has 46 heavy (non-hydrogen) atoms. The lowest BCUT2D eigenvalue weighted by Gasteiger charge is -2.26. The van der Waals surface area contributed by atoms with Crippen molar-refractivity contribution in [3.63, 3.8) is 0 Å². The topological polar surface area (TPSA) is 88.4 Å². The van der Waals surface area contributed by atoms with Crippen LogP contribution in [0.15, 0.2) is 81.7 Å². The average Bonchev–Trinajstić information content (AvgIpc) is 3.31. The number of halogens is 2. The summed E-state index contributed by atoms with van der Waals surface area (Å²) in [6, 6.07) is 17.5. The van der Waals surface area contributed by atoms with Gasteiger partial charge in [0.2, 0.25) is 0 Å². The fraction of sp³-hybridized carbons (Fsp3) is 0.286. The van der Waals surface area contributed by atoms with E-state index in [-0.39, 0.29) is 30.5 Å². The minimum absolute atomic E-state index is 0.131. The number of rotatable bonds is 11. The normalized spacial score (nSPS) is 14.6. The number of hydrogen-bond acceptors (Lipinski definition) is 8. The number of benzene rings is 3. The quantitative estimate of drug-likeness (QED) is 0.161. The SMILES string of the molecule is CCOC(=O)C1=C(C)N=c2s/c(=C/c3cc(Cl)c(OCc4ccccc4Cl)c(OCC)c3)c(=O)n2[C@@H]1c1ccccc1OC(C)C. The first kappa shape index (κ1) is 33.3. The number of nitrogens with zero attached hydrogens (tertiary/aromatic N) is 2. The summed E-state index contributed by atoms with van der Waals surface area (Å²) in [6.45, 7) is 9.94. The molecular formula is C35H34Cl2N2O6S. The van der Waals surface area contributed by atoms with Crippen LogP contribution in [0.4, 0.5) is 0 Å². The number of esters is 1. The summed E-state index contributed by atoms with van der Waals surface area (Å²) in [6.07, 6.45) is 1.60. The predicted octanol–water partition coefficient (Wildman–Crippen LogP) is 6.87. The number of aromatic nitrogens is 1. The lowest BCUT2D eigenvalue weighted by molar-refractivity contribution is -0.139. The Labute approximate surface area is 281 Å². The highest BCUT2D eigenvalue weighted by molar-refractivity contribution is 7.07. The molecule has 0 spiro atoms. The minimum atomic E-state index is -0.810. The summed E-state index contributed by atoms with van der Waals surface area (Å²) in [5, 5.41) is 0.900. The van der Waals surface area contributed by atoms with Crippen LogP contribution in [0.25, 0.3) is 6.08 Å². The molecule has 4 aromatic rings. The van der Waals surface area contributed by atoms with E-state index in [9.17, 15) is 9.59 Å². The molecule has 240 valence electrons. The van der Waals surface area contributed by atoms with Gasteiger partial charge in [0.15, 0.2) is 16.3 Å². The van der Waals surface area contributed by atoms with E-state index in [0.717, 1.165) is 5.56 Å². The second-order valence-electron chi connectivity index (χ2n) is 10.6. The van der Waals surface area contributed by atoms with Crippen LogP contribution in [0.1, 0.15) is 57.4 Å². The van der Waals surface area contributed by atoms with Crippen LogP contribution >= 0.6 is 34.5 Å². The summed E-state index contributed by atoms with van der Waals surface area (Å²) >= 11 is 14.2. The molecule has 0 fully saturated rings. The van der Waals surface area contributed by atoms with Gasteiger partial charge in [0.1, 0.15) is 18.4 Å². The number of allylic oxidation sites excluding steroid dienone is 1. The highest BCUT2D eigenvalue weighted by Gasteiger charge is 2.35. The molecule has 0 N–H and O–H groups in total. The molecule has 1 aromatic heterocycles. The Kier molecular flexibility index (Phi) is 10.6. The van der Waals surface area contributed by atoms with Crippen molar-refractivity contribution in [2.75, 3.05) is 13.2 Å². The zero-order valence-corrected chi connectivity index (χ0v) is 28.5. The van der Waals surface area contributed by atoms with Gasteiger partial charge >= 0.3 is 5.97 Å². The van der Waals surface area contributed by atoms with Gasteiger partial charge in [-0.1, -0.05) is 70.9 Å². The molecule has 0 saturated carbocycles. The molecule has 0 aliphatic carbocycles. The Morgan fingerprint density at radius 3 is 2.46 bits per heavy atom. The van der Waals surface area contributed by atoms with Gasteiger partial charge in [-0.05, 0) is 70.5 Å². The molecule has 0 amide bonds. The van der Waals surface area contributed by atoms with E-state index < -0.39 is 12.0 Å². The molecule has 11 heteroatoms. The molecule has 0 bridgehead atoms. The Morgan fingerprint density at radius 1 is 1.00 bits per heavy atom. The van der Waals surface area contributed by atoms with Crippen molar-refractivity contribution >= 4 is 46.6 Å². The van der Waals surface area contributed by atoms with Gasteiger partial charge in [-0.2, -0.15) is 0 Å². The van der Waals surface area contributed by atoms with E-state index in [4.69, 9.17) is 42.1 Å². The lowest BCUT2D eigenvalue weighted by atomic mass is 9.95. The zero-order chi connectivity index (χ0) is 33.0. The van der Waals surface area contributed by atoms with Crippen molar-refractivity contribution in [3.05, 3.63) is 118 Å². The minimum Gasteiger partial charge on any atom is -0.491 e. The number of thiazole rings is 1. The van der Waals surface area contributed by atoms with Gasteiger partial charge in [-0.25, -0.2) is 9.79 Å². The zero-order valence-electron chi connectivity index (χ0n) is 26.1. The maximum atomic E-state index is 14.2. The predicted molar refractivity (Wildman–Crippen MR) is 181 cm³/mol. The molecule has 0 unspecified atom stereocenters. The Hall–Kier alpha value is -4.05. The maximum Gasteiger partial charge on any atom is 0.338 e. The number of para-hydroxylation sites is 1. The van der Waals surface area contributed by atoms with E-state index in [1.165, 1.54) is 15.9 Å². The molecule has 3 aromatic carbocycles. The van der Waals surface area contributed by atoms with Crippen molar-refractivity contribution in [3.8, 4) is 17.2 Å². The van der Waals surface area contributed by atoms with Gasteiger partial charge in [-0.15, -0.1) is 0 Å². The van der Waals surface area contributed by atoms with Crippen LogP contribution in [0.3, 0.4) is 0 Å². The van der Waals surface area contributed by atoms with Gasteiger partial charge in [0.05, 0.1) is 40.1 Å². The maximum absolute atomic E-state index is 14.2. The van der Waals surface area contributed by atoms with Gasteiger partial charge in [0.25, 0.3) is 5.56 Å². The van der Waals surface area contributed by atoms with E-state index in [0.29, 0.717) is 60.1 Å². The fourth-order valence-corrected chi connectivity index (χ4v) is 6.66. The molecule has 1 atom stereocenters. The van der Waals surface area contributed by atoms with E-state index in [1.54, 1.807) is 38.1 Å². The molecule has 5 rings (SSSR count). The van der Waals surface area contributed by atoms with Crippen LogP contribution in [0, 0.1) is 0 Å². The van der Waals surface area contributed by atoms with Crippen LogP contribution in [0.2, 0.25) is 10.0 Å². The van der Waals surface area contributed by atoms with E-state index in [2.05, 4.69) is 4.99 Å². The van der Waals surface area contributed by atoms with Crippen molar-refractivity contribution in [1.29, 1.82) is 0 Å². The average molecular weight is 682 g/mol. The highest BCUT2D eigenvalue weighted by Crippen LogP contribution is 2.38. The van der Waals surface area contributed by atoms with Gasteiger partial charge in [0, 0.05) is 16.1 Å². The molecular weight excluding hydrogens is 647 g/mol. The number of ether oxygens (including phenoxy) is 4. The standard InChI is InChI=1S/C35H34Cl2N2O6S/c1-6-42-28-17-22(16-26(37)32(28)44-19-23-12-8-10-14-25(23)36)18-29-33(40)39-31(24-13-9-11-15-27(24)45-20(3)4)30(34(41)43-7-2)21(5)38-35(39)46-29/h8-18,20,31H,6-7,19H2,1-5H3/b29-18+/t31-/m1/s1. The van der Waals surface area contributed by atoms with Gasteiger partial charge in [-0.3, -0.25) is 9.36 Å². The van der Waals surface area contributed by atoms with Crippen LogP contribution in [-0.4, -0.2) is 29.9 Å². The van der Waals surface area contributed by atoms with Crippen molar-refractivity contribution in [2.45, 2.75) is 53.4 Å². The number of carbonyl (C=O) groups excluding carboxylic acids is 1. The first-order chi connectivity index (χ1) is 22.1. The first-order valence-electron chi connectivity index (χ1n) is 14.9. The number of fused-ring (bicyclic) bond motifs is 1. The fourth-order valence-electron chi connectivity index (χ4n) is 5.14. The second-order valence-corrected chi connectivity index (χ2v) is 12.5. The highest BCUT2D eigenvalue weighted by atomic mass is 35.5. The van der Waals surface area contributed by atoms with E-state index in [1.807, 2.05) is 63.2 Å². The smallest absolute Gasteiger partial charge is 0.338 e. The van der Waals surface area contributed by atoms with Crippen molar-refractivity contribution in [1.82, 2.24) is 4.57 Å². The molecule has 1 aliphatic rings. The second kappa shape index (κ2) is 14.6. The molecule has 0 saturated heterocycles. The summed E-state index contributed by atoms with van der Waals surface area (Å²) in [7, 11) is 0. The summed E-state index contributed by atoms with van der Waals surface area (Å²) in [4.78, 5) is 32.6. The van der Waals surface area contributed by atoms with Crippen LogP contribution in [0.5, 0.6) is 17.2 Å². The third-order valence-electron chi connectivity index (χ3n) is 7.05. The molecule has 8 nitrogen and oxygen atoms in total. The van der Waals surface area contributed by atoms with Gasteiger partial charge < -0.3 is 18.9 Å². The van der Waals surface area contributed by atoms with Crippen LogP contribution < -0.4 is 29.1 Å². The third-order valence-corrected chi connectivity index (χ3v) is 8.69. The Bertz CT molecular complexity index is 1980. The van der Waals surface area contributed by atoms with E-state index >= 15 is 0 Å². The molecule has 2 heterocycles. The summed E-state index contributed by atoms with van der Waals surface area (Å²) in [5.74, 6) is 0.828. The molecule has 1 aliphatic heterocycles. The van der Waals surface area contributed by atoms with Crippen LogP contribution in [-0.2, 0) is 16.1 Å². The van der Waals surface area contributed by atoms with Crippen molar-refractivity contribution in [2.24, 2.45) is 4.99 Å². The first-order valence-corrected chi connectivity index (χ1v) is 16.5. The summed E-state index contributed by atoms with van der Waals surface area (Å²) in [5.41, 5.74) is 2.52. The number of hydrogen-bond donors (Lipinski definition) is 0. The monoisotopic (exact) mass is 680 g/mol. The summed E-state index contributed by atoms with van der Waals surface area (Å²) < 4.78 is 25.4. The Balaban J connectivity index is 1.62. The lowest BCUT2D eigenvalue weighted by Crippen LogP contribution is -2.40. The molecule has 0 radical (unpaired) electrons. The third kappa shape index (κ3) is 7.02.